The van der Waals surface area contributed by atoms with Crippen LogP contribution in [0.2, 0.25) is 0 Å². The summed E-state index contributed by atoms with van der Waals surface area (Å²) in [6.07, 6.45) is 0. The maximum atomic E-state index is 13.8. The topological polar surface area (TPSA) is 66.5 Å². The van der Waals surface area contributed by atoms with Gasteiger partial charge in [0.25, 0.3) is 15.9 Å². The highest BCUT2D eigenvalue weighted by molar-refractivity contribution is 7.92. The standard InChI is InChI=1S/C29H28N2O3S/c1-21-18-22(2)28(23(3)19-21)30-29(32)26-16-10-11-17-27(26)31(20-24-12-6-4-7-13-24)35(33,34)25-14-8-5-9-15-25/h4-19H,20H2,1-3H3,(H,30,32). The molecule has 0 fully saturated rings. The third kappa shape index (κ3) is 5.28. The van der Waals surface area contributed by atoms with Gasteiger partial charge in [0, 0.05) is 5.69 Å². The van der Waals surface area contributed by atoms with Crippen molar-refractivity contribution in [1.82, 2.24) is 0 Å². The number of carbonyl (C=O) groups is 1. The molecule has 1 N–H and O–H groups in total. The quantitative estimate of drug-likeness (QED) is 0.337. The maximum Gasteiger partial charge on any atom is 0.264 e. The molecule has 0 radical (unpaired) electrons. The van der Waals surface area contributed by atoms with E-state index in [4.69, 9.17) is 0 Å². The lowest BCUT2D eigenvalue weighted by atomic mass is 10.0. The normalized spacial score (nSPS) is 11.2. The van der Waals surface area contributed by atoms with E-state index < -0.39 is 10.0 Å². The average molecular weight is 485 g/mol. The summed E-state index contributed by atoms with van der Waals surface area (Å²) in [5, 5.41) is 3.01. The minimum atomic E-state index is -3.95. The molecule has 0 saturated heterocycles. The van der Waals surface area contributed by atoms with Gasteiger partial charge in [-0.05, 0) is 61.7 Å². The van der Waals surface area contributed by atoms with Gasteiger partial charge in [0.15, 0.2) is 0 Å². The van der Waals surface area contributed by atoms with Gasteiger partial charge in [-0.3, -0.25) is 9.10 Å². The van der Waals surface area contributed by atoms with E-state index >= 15 is 0 Å². The molecule has 0 aliphatic heterocycles. The Morgan fingerprint density at radius 3 is 1.94 bits per heavy atom. The van der Waals surface area contributed by atoms with E-state index in [0.29, 0.717) is 5.69 Å². The minimum Gasteiger partial charge on any atom is -0.321 e. The smallest absolute Gasteiger partial charge is 0.264 e. The second-order valence-corrected chi connectivity index (χ2v) is 10.4. The summed E-state index contributed by atoms with van der Waals surface area (Å²) in [6.45, 7) is 5.99. The molecule has 5 nitrogen and oxygen atoms in total. The van der Waals surface area contributed by atoms with E-state index in [9.17, 15) is 13.2 Å². The summed E-state index contributed by atoms with van der Waals surface area (Å²) >= 11 is 0. The van der Waals surface area contributed by atoms with Gasteiger partial charge in [-0.2, -0.15) is 0 Å². The first-order valence-corrected chi connectivity index (χ1v) is 12.8. The van der Waals surface area contributed by atoms with Gasteiger partial charge < -0.3 is 5.32 Å². The number of nitrogens with one attached hydrogen (secondary N) is 1. The van der Waals surface area contributed by atoms with Crippen LogP contribution < -0.4 is 9.62 Å². The van der Waals surface area contributed by atoms with Crippen molar-refractivity contribution in [2.24, 2.45) is 0 Å². The van der Waals surface area contributed by atoms with Gasteiger partial charge >= 0.3 is 0 Å². The molecule has 0 aromatic heterocycles. The van der Waals surface area contributed by atoms with Gasteiger partial charge in [0.1, 0.15) is 0 Å². The number of carbonyl (C=O) groups excluding carboxylic acids is 1. The van der Waals surface area contributed by atoms with E-state index in [-0.39, 0.29) is 22.9 Å². The second kappa shape index (κ2) is 10.2. The molecule has 0 heterocycles. The summed E-state index contributed by atoms with van der Waals surface area (Å²) in [5.74, 6) is -0.364. The molecule has 0 aliphatic carbocycles. The molecule has 6 heteroatoms. The van der Waals surface area contributed by atoms with E-state index in [1.165, 1.54) is 4.31 Å². The van der Waals surface area contributed by atoms with Gasteiger partial charge in [0.05, 0.1) is 22.7 Å². The first kappa shape index (κ1) is 24.2. The Hall–Kier alpha value is -3.90. The molecular weight excluding hydrogens is 456 g/mol. The molecule has 35 heavy (non-hydrogen) atoms. The maximum absolute atomic E-state index is 13.8. The fourth-order valence-electron chi connectivity index (χ4n) is 4.21. The van der Waals surface area contributed by atoms with Crippen LogP contribution in [0, 0.1) is 20.8 Å². The van der Waals surface area contributed by atoms with E-state index in [1.807, 2.05) is 63.2 Å². The first-order chi connectivity index (χ1) is 16.8. The average Bonchev–Trinajstić information content (AvgIpc) is 2.85. The van der Waals surface area contributed by atoms with E-state index in [2.05, 4.69) is 5.32 Å². The largest absolute Gasteiger partial charge is 0.321 e. The highest BCUT2D eigenvalue weighted by Gasteiger charge is 2.28. The van der Waals surface area contributed by atoms with Crippen molar-refractivity contribution in [2.75, 3.05) is 9.62 Å². The number of hydrogen-bond donors (Lipinski definition) is 1. The van der Waals surface area contributed by atoms with Gasteiger partial charge in [-0.15, -0.1) is 0 Å². The van der Waals surface area contributed by atoms with Crippen molar-refractivity contribution in [3.63, 3.8) is 0 Å². The zero-order valence-corrected chi connectivity index (χ0v) is 20.8. The molecule has 4 aromatic rings. The number of nitrogens with zero attached hydrogens (tertiary/aromatic N) is 1. The molecule has 1 amide bonds. The highest BCUT2D eigenvalue weighted by Crippen LogP contribution is 2.31. The number of anilines is 2. The molecule has 0 bridgehead atoms. The van der Waals surface area contributed by atoms with Crippen LogP contribution in [0.3, 0.4) is 0 Å². The molecule has 0 saturated carbocycles. The zero-order valence-electron chi connectivity index (χ0n) is 20.0. The fourth-order valence-corrected chi connectivity index (χ4v) is 5.70. The van der Waals surface area contributed by atoms with Crippen LogP contribution in [0.15, 0.2) is 102 Å². The van der Waals surface area contributed by atoms with Crippen LogP contribution in [0.5, 0.6) is 0 Å². The van der Waals surface area contributed by atoms with Crippen molar-refractivity contribution in [1.29, 1.82) is 0 Å². The van der Waals surface area contributed by atoms with Crippen LogP contribution in [0.4, 0.5) is 11.4 Å². The van der Waals surface area contributed by atoms with Crippen molar-refractivity contribution >= 4 is 27.3 Å². The van der Waals surface area contributed by atoms with Gasteiger partial charge in [0.2, 0.25) is 0 Å². The van der Waals surface area contributed by atoms with Crippen LogP contribution in [-0.4, -0.2) is 14.3 Å². The van der Waals surface area contributed by atoms with Crippen molar-refractivity contribution in [3.05, 3.63) is 125 Å². The number of rotatable bonds is 7. The number of sulfonamides is 1. The number of benzene rings is 4. The summed E-state index contributed by atoms with van der Waals surface area (Å²) < 4.78 is 28.9. The first-order valence-electron chi connectivity index (χ1n) is 11.4. The molecule has 0 unspecified atom stereocenters. The lowest BCUT2D eigenvalue weighted by Gasteiger charge is -2.27. The SMILES string of the molecule is Cc1cc(C)c(NC(=O)c2ccccc2N(Cc2ccccc2)S(=O)(=O)c2ccccc2)c(C)c1. The molecule has 4 rings (SSSR count). The molecule has 0 aliphatic rings. The van der Waals surface area contributed by atoms with Crippen molar-refractivity contribution in [3.8, 4) is 0 Å². The fraction of sp³-hybridized carbons (Fsp3) is 0.138. The zero-order chi connectivity index (χ0) is 25.0. The Morgan fingerprint density at radius 2 is 1.31 bits per heavy atom. The monoisotopic (exact) mass is 484 g/mol. The summed E-state index contributed by atoms with van der Waals surface area (Å²) in [5.41, 5.74) is 5.16. The van der Waals surface area contributed by atoms with Crippen LogP contribution >= 0.6 is 0 Å². The van der Waals surface area contributed by atoms with E-state index in [1.54, 1.807) is 54.6 Å². The minimum absolute atomic E-state index is 0.0882. The lowest BCUT2D eigenvalue weighted by Crippen LogP contribution is -2.32. The number of para-hydroxylation sites is 1. The lowest BCUT2D eigenvalue weighted by molar-refractivity contribution is 0.102. The Bertz CT molecular complexity index is 1430. The van der Waals surface area contributed by atoms with Crippen molar-refractivity contribution < 1.29 is 13.2 Å². The van der Waals surface area contributed by atoms with Gasteiger partial charge in [-0.1, -0.05) is 78.4 Å². The second-order valence-electron chi connectivity index (χ2n) is 8.56. The van der Waals surface area contributed by atoms with E-state index in [0.717, 1.165) is 27.9 Å². The van der Waals surface area contributed by atoms with Crippen molar-refractivity contribution in [2.45, 2.75) is 32.2 Å². The summed E-state index contributed by atoms with van der Waals surface area (Å²) in [4.78, 5) is 13.7. The Labute approximate surface area is 207 Å². The van der Waals surface area contributed by atoms with Gasteiger partial charge in [-0.25, -0.2) is 8.42 Å². The summed E-state index contributed by atoms with van der Waals surface area (Å²) in [6, 6.07) is 28.5. The molecular formula is C29H28N2O3S. The predicted octanol–water partition coefficient (Wildman–Crippen LogP) is 6.26. The third-order valence-electron chi connectivity index (χ3n) is 5.83. The highest BCUT2D eigenvalue weighted by atomic mass is 32.2. The third-order valence-corrected chi connectivity index (χ3v) is 7.61. The van der Waals surface area contributed by atoms with Crippen LogP contribution in [0.1, 0.15) is 32.6 Å². The number of aryl methyl sites for hydroxylation is 3. The number of hydrogen-bond acceptors (Lipinski definition) is 3. The molecule has 4 aromatic carbocycles. The Kier molecular flexibility index (Phi) is 7.03. The summed E-state index contributed by atoms with van der Waals surface area (Å²) in [7, 11) is -3.95. The molecule has 0 atom stereocenters. The number of amides is 1. The molecule has 178 valence electrons. The molecule has 0 spiro atoms. The van der Waals surface area contributed by atoms with Crippen LogP contribution in [-0.2, 0) is 16.6 Å². The van der Waals surface area contributed by atoms with Crippen LogP contribution in [0.25, 0.3) is 0 Å². The Morgan fingerprint density at radius 1 is 0.771 bits per heavy atom. The Balaban J connectivity index is 1.80. The predicted molar refractivity (Wildman–Crippen MR) is 141 cm³/mol.